The lowest BCUT2D eigenvalue weighted by atomic mass is 9.79. The lowest BCUT2D eigenvalue weighted by Crippen LogP contribution is -2.42. The van der Waals surface area contributed by atoms with Crippen LogP contribution < -0.4 is 10.6 Å². The second kappa shape index (κ2) is 8.65. The van der Waals surface area contributed by atoms with Crippen LogP contribution in [0.4, 0.5) is 0 Å². The number of nitrogens with one attached hydrogen (secondary N) is 2. The summed E-state index contributed by atoms with van der Waals surface area (Å²) in [4.78, 5) is 12.0. The summed E-state index contributed by atoms with van der Waals surface area (Å²) in [5.74, 6) is 0.0551. The van der Waals surface area contributed by atoms with Crippen molar-refractivity contribution in [3.05, 3.63) is 34.3 Å². The zero-order chi connectivity index (χ0) is 15.8. The Labute approximate surface area is 141 Å². The molecule has 22 heavy (non-hydrogen) atoms. The average Bonchev–Trinajstić information content (AvgIpc) is 3.00. The van der Waals surface area contributed by atoms with E-state index in [1.165, 1.54) is 18.4 Å². The van der Waals surface area contributed by atoms with Crippen LogP contribution in [0.5, 0.6) is 0 Å². The maximum Gasteiger partial charge on any atom is 0.233 e. The number of hydrogen-bond donors (Lipinski definition) is 2. The van der Waals surface area contributed by atoms with Gasteiger partial charge in [-0.25, -0.2) is 0 Å². The van der Waals surface area contributed by atoms with Crippen molar-refractivity contribution in [3.8, 4) is 0 Å². The summed E-state index contributed by atoms with van der Waals surface area (Å²) in [6.07, 6.45) is 4.76. The second-order valence-electron chi connectivity index (χ2n) is 5.94. The third-order valence-electron chi connectivity index (χ3n) is 4.41. The Morgan fingerprint density at radius 1 is 1.27 bits per heavy atom. The van der Waals surface area contributed by atoms with E-state index in [2.05, 4.69) is 50.8 Å². The van der Waals surface area contributed by atoms with Crippen molar-refractivity contribution in [1.29, 1.82) is 0 Å². The van der Waals surface area contributed by atoms with E-state index >= 15 is 0 Å². The van der Waals surface area contributed by atoms with Gasteiger partial charge in [-0.3, -0.25) is 4.79 Å². The van der Waals surface area contributed by atoms with E-state index in [1.54, 1.807) is 7.11 Å². The summed E-state index contributed by atoms with van der Waals surface area (Å²) in [6.45, 7) is 2.39. The van der Waals surface area contributed by atoms with Crippen molar-refractivity contribution in [1.82, 2.24) is 10.6 Å². The molecule has 2 N–H and O–H groups in total. The second-order valence-corrected chi connectivity index (χ2v) is 6.86. The van der Waals surface area contributed by atoms with Crippen LogP contribution >= 0.6 is 15.9 Å². The molecule has 0 atom stereocenters. The van der Waals surface area contributed by atoms with Gasteiger partial charge in [-0.2, -0.15) is 0 Å². The molecule has 5 heteroatoms. The van der Waals surface area contributed by atoms with E-state index in [0.717, 1.165) is 23.9 Å². The number of carbonyl (C=O) groups is 1. The fourth-order valence-corrected chi connectivity index (χ4v) is 3.39. The highest BCUT2D eigenvalue weighted by Gasteiger charge is 2.35. The largest absolute Gasteiger partial charge is 0.383 e. The fourth-order valence-electron chi connectivity index (χ4n) is 3.13. The molecule has 1 aliphatic rings. The number of rotatable bonds is 8. The summed E-state index contributed by atoms with van der Waals surface area (Å²) in [5.41, 5.74) is 1.43. The minimum atomic E-state index is 0.0551. The number of amides is 1. The van der Waals surface area contributed by atoms with Gasteiger partial charge in [0.05, 0.1) is 13.2 Å². The van der Waals surface area contributed by atoms with Crippen molar-refractivity contribution >= 4 is 21.8 Å². The van der Waals surface area contributed by atoms with Crippen molar-refractivity contribution in [2.24, 2.45) is 0 Å². The van der Waals surface area contributed by atoms with Gasteiger partial charge in [0.25, 0.3) is 0 Å². The minimum absolute atomic E-state index is 0.0551. The van der Waals surface area contributed by atoms with Gasteiger partial charge in [-0.15, -0.1) is 0 Å². The van der Waals surface area contributed by atoms with Crippen LogP contribution in [0.1, 0.15) is 31.2 Å². The first-order chi connectivity index (χ1) is 10.7. The first-order valence-corrected chi connectivity index (χ1v) is 8.68. The molecule has 1 aromatic rings. The smallest absolute Gasteiger partial charge is 0.233 e. The van der Waals surface area contributed by atoms with E-state index in [0.29, 0.717) is 19.7 Å². The highest BCUT2D eigenvalue weighted by molar-refractivity contribution is 9.10. The van der Waals surface area contributed by atoms with Gasteiger partial charge in [0.2, 0.25) is 5.91 Å². The molecule has 2 rings (SSSR count). The van der Waals surface area contributed by atoms with Crippen molar-refractivity contribution in [2.45, 2.75) is 31.1 Å². The van der Waals surface area contributed by atoms with Gasteiger partial charge in [0.1, 0.15) is 0 Å². The lowest BCUT2D eigenvalue weighted by Gasteiger charge is -2.30. The molecule has 0 bridgehead atoms. The van der Waals surface area contributed by atoms with Crippen molar-refractivity contribution in [3.63, 3.8) is 0 Å². The van der Waals surface area contributed by atoms with E-state index in [4.69, 9.17) is 4.74 Å². The molecule has 0 unspecified atom stereocenters. The third-order valence-corrected chi connectivity index (χ3v) is 4.94. The summed E-state index contributed by atoms with van der Waals surface area (Å²) in [5, 5.41) is 6.18. The van der Waals surface area contributed by atoms with Gasteiger partial charge < -0.3 is 15.4 Å². The Balaban J connectivity index is 1.89. The van der Waals surface area contributed by atoms with Crippen molar-refractivity contribution < 1.29 is 9.53 Å². The third kappa shape index (κ3) is 4.80. The Hall–Kier alpha value is -0.910. The summed E-state index contributed by atoms with van der Waals surface area (Å²) in [7, 11) is 1.66. The van der Waals surface area contributed by atoms with Gasteiger partial charge in [0.15, 0.2) is 0 Å². The number of halogens is 1. The molecule has 0 radical (unpaired) electrons. The van der Waals surface area contributed by atoms with Crippen LogP contribution in [0, 0.1) is 0 Å². The van der Waals surface area contributed by atoms with Gasteiger partial charge in [-0.1, -0.05) is 40.9 Å². The van der Waals surface area contributed by atoms with E-state index in [-0.39, 0.29) is 11.3 Å². The lowest BCUT2D eigenvalue weighted by molar-refractivity contribution is -0.120. The summed E-state index contributed by atoms with van der Waals surface area (Å²) < 4.78 is 6.04. The Kier molecular flexibility index (Phi) is 6.86. The molecule has 0 spiro atoms. The number of methoxy groups -OCH3 is 1. The fraction of sp³-hybridized carbons (Fsp3) is 0.588. The van der Waals surface area contributed by atoms with E-state index in [1.807, 2.05) is 0 Å². The van der Waals surface area contributed by atoms with Crippen LogP contribution in [-0.2, 0) is 14.9 Å². The topological polar surface area (TPSA) is 50.4 Å². The molecular formula is C17H25BrN2O2. The Morgan fingerprint density at radius 2 is 1.95 bits per heavy atom. The Morgan fingerprint density at radius 3 is 2.59 bits per heavy atom. The standard InChI is InChI=1S/C17H25BrN2O2/c1-22-11-10-19-12-16(21)20-13-17(8-2-3-9-17)14-4-6-15(18)7-5-14/h4-7,19H,2-3,8-13H2,1H3,(H,20,21). The van der Waals surface area contributed by atoms with E-state index in [9.17, 15) is 4.79 Å². The van der Waals surface area contributed by atoms with E-state index < -0.39 is 0 Å². The molecule has 0 heterocycles. The Bertz CT molecular complexity index is 470. The normalized spacial score (nSPS) is 16.6. The van der Waals surface area contributed by atoms with Gasteiger partial charge in [0, 0.05) is 30.1 Å². The predicted molar refractivity (Wildman–Crippen MR) is 92.0 cm³/mol. The molecule has 122 valence electrons. The molecule has 0 aromatic heterocycles. The van der Waals surface area contributed by atoms with Crippen LogP contribution in [0.15, 0.2) is 28.7 Å². The summed E-state index contributed by atoms with van der Waals surface area (Å²) >= 11 is 3.49. The molecule has 1 saturated carbocycles. The monoisotopic (exact) mass is 368 g/mol. The number of hydrogen-bond acceptors (Lipinski definition) is 3. The average molecular weight is 369 g/mol. The zero-order valence-electron chi connectivity index (χ0n) is 13.2. The zero-order valence-corrected chi connectivity index (χ0v) is 14.7. The van der Waals surface area contributed by atoms with Crippen LogP contribution in [0.25, 0.3) is 0 Å². The van der Waals surface area contributed by atoms with Gasteiger partial charge >= 0.3 is 0 Å². The molecule has 1 fully saturated rings. The van der Waals surface area contributed by atoms with Crippen LogP contribution in [-0.4, -0.2) is 39.3 Å². The molecule has 0 saturated heterocycles. The number of ether oxygens (including phenoxy) is 1. The number of benzene rings is 1. The minimum Gasteiger partial charge on any atom is -0.383 e. The molecule has 1 aromatic carbocycles. The highest BCUT2D eigenvalue weighted by atomic mass is 79.9. The summed E-state index contributed by atoms with van der Waals surface area (Å²) in [6, 6.07) is 8.53. The maximum absolute atomic E-state index is 12.0. The van der Waals surface area contributed by atoms with Crippen LogP contribution in [0.2, 0.25) is 0 Å². The SMILES string of the molecule is COCCNCC(=O)NCC1(c2ccc(Br)cc2)CCCC1. The first-order valence-electron chi connectivity index (χ1n) is 7.89. The molecule has 0 aliphatic heterocycles. The molecule has 1 aliphatic carbocycles. The molecular weight excluding hydrogens is 344 g/mol. The quantitative estimate of drug-likeness (QED) is 0.693. The van der Waals surface area contributed by atoms with Crippen molar-refractivity contribution in [2.75, 3.05) is 33.4 Å². The van der Waals surface area contributed by atoms with Gasteiger partial charge in [-0.05, 0) is 30.5 Å². The molecule has 1 amide bonds. The predicted octanol–water partition coefficient (Wildman–Crippen LogP) is 2.61. The maximum atomic E-state index is 12.0. The van der Waals surface area contributed by atoms with Crippen LogP contribution in [0.3, 0.4) is 0 Å². The highest BCUT2D eigenvalue weighted by Crippen LogP contribution is 2.40. The first kappa shape index (κ1) is 17.4. The number of carbonyl (C=O) groups excluding carboxylic acids is 1. The molecule has 4 nitrogen and oxygen atoms in total.